The number of aromatic nitrogens is 3. The van der Waals surface area contributed by atoms with Gasteiger partial charge in [0.1, 0.15) is 0 Å². The molecule has 0 saturated carbocycles. The summed E-state index contributed by atoms with van der Waals surface area (Å²) < 4.78 is 1.73. The molecule has 0 N–H and O–H groups in total. The lowest BCUT2D eigenvalue weighted by Crippen LogP contribution is -2.21. The molecular weight excluding hydrogens is 168 g/mol. The molecule has 0 amide bonds. The smallest absolute Gasteiger partial charge is 0.227 e. The zero-order valence-electron chi connectivity index (χ0n) is 7.60. The van der Waals surface area contributed by atoms with E-state index in [1.165, 1.54) is 12.8 Å². The second kappa shape index (κ2) is 3.16. The van der Waals surface area contributed by atoms with Crippen molar-refractivity contribution in [3.05, 3.63) is 5.82 Å². The Labute approximate surface area is 76.4 Å². The van der Waals surface area contributed by atoms with Gasteiger partial charge >= 0.3 is 0 Å². The van der Waals surface area contributed by atoms with E-state index in [2.05, 4.69) is 15.1 Å². The van der Waals surface area contributed by atoms with E-state index in [9.17, 15) is 4.79 Å². The number of carbonyl (C=O) groups excluding carboxylic acids is 1. The fourth-order valence-electron chi connectivity index (χ4n) is 1.63. The molecule has 0 radical (unpaired) electrons. The predicted octanol–water partition coefficient (Wildman–Crippen LogP) is 0.228. The molecule has 1 aliphatic heterocycles. The second-order valence-corrected chi connectivity index (χ2v) is 3.23. The summed E-state index contributed by atoms with van der Waals surface area (Å²) in [5.41, 5.74) is 0. The predicted molar refractivity (Wildman–Crippen MR) is 47.8 cm³/mol. The van der Waals surface area contributed by atoms with Crippen molar-refractivity contribution in [2.75, 3.05) is 18.0 Å². The fraction of sp³-hybridized carbons (Fsp3) is 0.625. The van der Waals surface area contributed by atoms with Crippen LogP contribution in [0.2, 0.25) is 0 Å². The quantitative estimate of drug-likeness (QED) is 0.611. The molecule has 0 spiro atoms. The first-order valence-electron chi connectivity index (χ1n) is 4.42. The number of nitrogens with zero attached hydrogens (tertiary/aromatic N) is 4. The molecule has 2 heterocycles. The monoisotopic (exact) mass is 180 g/mol. The molecule has 1 aliphatic rings. The van der Waals surface area contributed by atoms with Gasteiger partial charge in [0.2, 0.25) is 5.95 Å². The fourth-order valence-corrected chi connectivity index (χ4v) is 1.63. The Morgan fingerprint density at radius 2 is 2.00 bits per heavy atom. The lowest BCUT2D eigenvalue weighted by molar-refractivity contribution is 0.111. The van der Waals surface area contributed by atoms with Crippen LogP contribution in [0, 0.1) is 0 Å². The minimum atomic E-state index is 0.391. The molecule has 1 saturated heterocycles. The van der Waals surface area contributed by atoms with Gasteiger partial charge in [0.15, 0.2) is 12.1 Å². The lowest BCUT2D eigenvalue weighted by Gasteiger charge is -2.14. The summed E-state index contributed by atoms with van der Waals surface area (Å²) >= 11 is 0. The first-order valence-corrected chi connectivity index (χ1v) is 4.42. The van der Waals surface area contributed by atoms with Gasteiger partial charge in [-0.3, -0.25) is 9.36 Å². The van der Waals surface area contributed by atoms with Crippen molar-refractivity contribution in [2.45, 2.75) is 12.8 Å². The number of rotatable bonds is 2. The third-order valence-electron chi connectivity index (χ3n) is 2.38. The molecule has 70 valence electrons. The van der Waals surface area contributed by atoms with Crippen LogP contribution in [-0.4, -0.2) is 34.1 Å². The number of anilines is 1. The van der Waals surface area contributed by atoms with Gasteiger partial charge in [0.05, 0.1) is 0 Å². The Morgan fingerprint density at radius 1 is 1.31 bits per heavy atom. The summed E-state index contributed by atoms with van der Waals surface area (Å²) in [4.78, 5) is 12.7. The van der Waals surface area contributed by atoms with Crippen molar-refractivity contribution in [3.8, 4) is 0 Å². The number of hydrogen-bond donors (Lipinski definition) is 0. The number of carbonyl (C=O) groups is 1. The first kappa shape index (κ1) is 8.22. The molecule has 0 atom stereocenters. The van der Waals surface area contributed by atoms with Crippen molar-refractivity contribution in [1.29, 1.82) is 0 Å². The van der Waals surface area contributed by atoms with Gasteiger partial charge in [-0.05, 0) is 12.8 Å². The lowest BCUT2D eigenvalue weighted by atomic mass is 10.4. The highest BCUT2D eigenvalue weighted by atomic mass is 16.1. The van der Waals surface area contributed by atoms with Crippen molar-refractivity contribution in [1.82, 2.24) is 14.8 Å². The largest absolute Gasteiger partial charge is 0.341 e. The minimum Gasteiger partial charge on any atom is -0.341 e. The zero-order valence-corrected chi connectivity index (χ0v) is 7.60. The average Bonchev–Trinajstić information content (AvgIpc) is 2.72. The zero-order chi connectivity index (χ0) is 9.26. The molecule has 2 rings (SSSR count). The van der Waals surface area contributed by atoms with Crippen LogP contribution in [0.15, 0.2) is 0 Å². The standard InChI is InChI=1S/C8H12N4O/c1-11-7(6-13)9-10-8(11)12-4-2-3-5-12/h6H,2-5H2,1H3. The SMILES string of the molecule is Cn1c(C=O)nnc1N1CCCC1. The van der Waals surface area contributed by atoms with E-state index in [1.54, 1.807) is 4.57 Å². The molecule has 1 aromatic rings. The topological polar surface area (TPSA) is 51.0 Å². The highest BCUT2D eigenvalue weighted by molar-refractivity contribution is 5.70. The van der Waals surface area contributed by atoms with Gasteiger partial charge in [0, 0.05) is 20.1 Å². The van der Waals surface area contributed by atoms with E-state index in [1.807, 2.05) is 7.05 Å². The van der Waals surface area contributed by atoms with Gasteiger partial charge in [-0.15, -0.1) is 10.2 Å². The Hall–Kier alpha value is -1.39. The summed E-state index contributed by atoms with van der Waals surface area (Å²) in [5, 5.41) is 7.76. The molecule has 13 heavy (non-hydrogen) atoms. The molecule has 0 bridgehead atoms. The molecule has 0 aliphatic carbocycles. The van der Waals surface area contributed by atoms with Crippen molar-refractivity contribution in [3.63, 3.8) is 0 Å². The van der Waals surface area contributed by atoms with Crippen LogP contribution >= 0.6 is 0 Å². The number of aldehydes is 1. The van der Waals surface area contributed by atoms with Gasteiger partial charge in [-0.25, -0.2) is 0 Å². The van der Waals surface area contributed by atoms with Crippen LogP contribution in [0.1, 0.15) is 23.5 Å². The molecule has 0 unspecified atom stereocenters. The van der Waals surface area contributed by atoms with Crippen molar-refractivity contribution < 1.29 is 4.79 Å². The Bertz CT molecular complexity index is 314. The van der Waals surface area contributed by atoms with Gasteiger partial charge < -0.3 is 4.90 Å². The first-order chi connectivity index (χ1) is 6.33. The molecular formula is C8H12N4O. The molecule has 0 aromatic carbocycles. The maximum Gasteiger partial charge on any atom is 0.227 e. The summed E-state index contributed by atoms with van der Waals surface area (Å²) in [7, 11) is 1.82. The summed E-state index contributed by atoms with van der Waals surface area (Å²) in [6, 6.07) is 0. The number of hydrogen-bond acceptors (Lipinski definition) is 4. The molecule has 1 fully saturated rings. The molecule has 5 heteroatoms. The maximum atomic E-state index is 10.5. The summed E-state index contributed by atoms with van der Waals surface area (Å²) in [5.74, 6) is 1.20. The van der Waals surface area contributed by atoms with Crippen LogP contribution in [0.5, 0.6) is 0 Å². The maximum absolute atomic E-state index is 10.5. The highest BCUT2D eigenvalue weighted by Crippen LogP contribution is 2.16. The third-order valence-corrected chi connectivity index (χ3v) is 2.38. The van der Waals surface area contributed by atoms with Crippen LogP contribution in [0.3, 0.4) is 0 Å². The van der Waals surface area contributed by atoms with Gasteiger partial charge in [0.25, 0.3) is 0 Å². The van der Waals surface area contributed by atoms with Crippen LogP contribution in [-0.2, 0) is 7.05 Å². The minimum absolute atomic E-state index is 0.391. The second-order valence-electron chi connectivity index (χ2n) is 3.23. The van der Waals surface area contributed by atoms with Crippen LogP contribution < -0.4 is 4.90 Å². The normalized spacial score (nSPS) is 16.5. The summed E-state index contributed by atoms with van der Waals surface area (Å²) in [6.45, 7) is 2.04. The average molecular weight is 180 g/mol. The molecule has 5 nitrogen and oxygen atoms in total. The summed E-state index contributed by atoms with van der Waals surface area (Å²) in [6.07, 6.45) is 3.12. The van der Waals surface area contributed by atoms with Crippen LogP contribution in [0.4, 0.5) is 5.95 Å². The Balaban J connectivity index is 2.29. The van der Waals surface area contributed by atoms with E-state index < -0.39 is 0 Å². The Kier molecular flexibility index (Phi) is 2.00. The van der Waals surface area contributed by atoms with E-state index >= 15 is 0 Å². The molecule has 1 aromatic heterocycles. The van der Waals surface area contributed by atoms with Gasteiger partial charge in [-0.2, -0.15) is 0 Å². The van der Waals surface area contributed by atoms with E-state index in [4.69, 9.17) is 0 Å². The highest BCUT2D eigenvalue weighted by Gasteiger charge is 2.18. The Morgan fingerprint density at radius 3 is 2.54 bits per heavy atom. The third kappa shape index (κ3) is 1.30. The van der Waals surface area contributed by atoms with Gasteiger partial charge in [-0.1, -0.05) is 0 Å². The van der Waals surface area contributed by atoms with Crippen molar-refractivity contribution >= 4 is 12.2 Å². The van der Waals surface area contributed by atoms with E-state index in [0.717, 1.165) is 25.3 Å². The van der Waals surface area contributed by atoms with Crippen molar-refractivity contribution in [2.24, 2.45) is 7.05 Å². The van der Waals surface area contributed by atoms with E-state index in [0.29, 0.717) is 5.82 Å². The van der Waals surface area contributed by atoms with E-state index in [-0.39, 0.29) is 0 Å². The van der Waals surface area contributed by atoms with Crippen LogP contribution in [0.25, 0.3) is 0 Å².